The van der Waals surface area contributed by atoms with Crippen LogP contribution in [0.15, 0.2) is 11.8 Å². The minimum absolute atomic E-state index is 0.105. The molecule has 1 aliphatic rings. The second-order valence-corrected chi connectivity index (χ2v) is 4.96. The molecule has 5 nitrogen and oxygen atoms in total. The molecule has 0 fully saturated rings. The van der Waals surface area contributed by atoms with Crippen molar-refractivity contribution in [2.24, 2.45) is 0 Å². The number of methoxy groups -OCH3 is 1. The van der Waals surface area contributed by atoms with E-state index < -0.39 is 0 Å². The zero-order valence-electron chi connectivity index (χ0n) is 12.1. The van der Waals surface area contributed by atoms with Gasteiger partial charge in [0.25, 0.3) is 0 Å². The van der Waals surface area contributed by atoms with E-state index in [0.717, 1.165) is 25.0 Å². The molecule has 19 heavy (non-hydrogen) atoms. The maximum atomic E-state index is 12.0. The Morgan fingerprint density at radius 1 is 1.37 bits per heavy atom. The van der Waals surface area contributed by atoms with Crippen molar-refractivity contribution >= 4 is 11.9 Å². The third kappa shape index (κ3) is 5.42. The number of likely N-dealkylation sites (N-methyl/N-ethyl adjacent to an activating group) is 2. The van der Waals surface area contributed by atoms with E-state index in [1.54, 1.807) is 4.90 Å². The number of allylic oxidation sites excluding steroid dienone is 2. The van der Waals surface area contributed by atoms with Crippen molar-refractivity contribution in [1.29, 1.82) is 0 Å². The molecule has 0 atom stereocenters. The van der Waals surface area contributed by atoms with E-state index in [1.165, 1.54) is 7.11 Å². The highest BCUT2D eigenvalue weighted by molar-refractivity contribution is 5.79. The summed E-state index contributed by atoms with van der Waals surface area (Å²) in [6.45, 7) is 1.10. The van der Waals surface area contributed by atoms with E-state index in [9.17, 15) is 9.59 Å². The topological polar surface area (TPSA) is 49.9 Å². The molecular formula is C14H24N2O3. The van der Waals surface area contributed by atoms with Gasteiger partial charge in [0.15, 0.2) is 0 Å². The first-order chi connectivity index (χ1) is 9.04. The molecule has 0 aromatic carbocycles. The highest BCUT2D eigenvalue weighted by Gasteiger charge is 2.17. The normalized spacial score (nSPS) is 14.4. The molecule has 0 aromatic heterocycles. The summed E-state index contributed by atoms with van der Waals surface area (Å²) in [6.07, 6.45) is 6.45. The Morgan fingerprint density at radius 3 is 2.68 bits per heavy atom. The van der Waals surface area contributed by atoms with E-state index in [2.05, 4.69) is 10.8 Å². The van der Waals surface area contributed by atoms with Gasteiger partial charge in [-0.05, 0) is 39.3 Å². The molecule has 0 aromatic rings. The maximum Gasteiger partial charge on any atom is 0.305 e. The highest BCUT2D eigenvalue weighted by Crippen LogP contribution is 2.20. The lowest BCUT2D eigenvalue weighted by Crippen LogP contribution is -2.36. The summed E-state index contributed by atoms with van der Waals surface area (Å²) in [7, 11) is 5.12. The Morgan fingerprint density at radius 2 is 2.11 bits per heavy atom. The first-order valence-corrected chi connectivity index (χ1v) is 6.75. The van der Waals surface area contributed by atoms with Gasteiger partial charge in [-0.3, -0.25) is 14.5 Å². The summed E-state index contributed by atoms with van der Waals surface area (Å²) >= 11 is 0. The molecule has 108 valence electrons. The SMILES string of the molecule is COC(=O)CCCN(C)CC(=O)N(C)C1=CCCC1. The minimum atomic E-state index is -0.201. The summed E-state index contributed by atoms with van der Waals surface area (Å²) in [5, 5.41) is 0. The second kappa shape index (κ2) is 7.94. The molecule has 0 spiro atoms. The average molecular weight is 268 g/mol. The molecule has 1 amide bonds. The number of carbonyl (C=O) groups is 2. The summed E-state index contributed by atoms with van der Waals surface area (Å²) in [6, 6.07) is 0. The van der Waals surface area contributed by atoms with Gasteiger partial charge in [0.1, 0.15) is 0 Å². The van der Waals surface area contributed by atoms with Gasteiger partial charge in [-0.1, -0.05) is 6.08 Å². The Kier molecular flexibility index (Phi) is 6.56. The van der Waals surface area contributed by atoms with Gasteiger partial charge in [-0.25, -0.2) is 0 Å². The monoisotopic (exact) mass is 268 g/mol. The molecule has 0 radical (unpaired) electrons. The van der Waals surface area contributed by atoms with Crippen LogP contribution in [-0.2, 0) is 14.3 Å². The molecule has 0 heterocycles. The van der Waals surface area contributed by atoms with Gasteiger partial charge in [0.05, 0.1) is 13.7 Å². The van der Waals surface area contributed by atoms with Crippen LogP contribution >= 0.6 is 0 Å². The molecule has 1 rings (SSSR count). The van der Waals surface area contributed by atoms with Crippen LogP contribution in [0.4, 0.5) is 0 Å². The van der Waals surface area contributed by atoms with E-state index in [0.29, 0.717) is 25.9 Å². The van der Waals surface area contributed by atoms with Gasteiger partial charge in [-0.2, -0.15) is 0 Å². The molecule has 0 bridgehead atoms. The summed E-state index contributed by atoms with van der Waals surface area (Å²) in [5.74, 6) is -0.0957. The molecule has 0 N–H and O–H groups in total. The quantitative estimate of drug-likeness (QED) is 0.655. The number of hydrogen-bond donors (Lipinski definition) is 0. The van der Waals surface area contributed by atoms with Crippen molar-refractivity contribution < 1.29 is 14.3 Å². The number of carbonyl (C=O) groups excluding carboxylic acids is 2. The fourth-order valence-corrected chi connectivity index (χ4v) is 2.13. The van der Waals surface area contributed by atoms with Crippen LogP contribution < -0.4 is 0 Å². The van der Waals surface area contributed by atoms with Crippen LogP contribution in [0.2, 0.25) is 0 Å². The fraction of sp³-hybridized carbons (Fsp3) is 0.714. The molecule has 0 saturated heterocycles. The number of esters is 1. The largest absolute Gasteiger partial charge is 0.469 e. The Hall–Kier alpha value is -1.36. The zero-order chi connectivity index (χ0) is 14.3. The standard InChI is InChI=1S/C14H24N2O3/c1-15(10-6-9-14(18)19-3)11-13(17)16(2)12-7-4-5-8-12/h7H,4-6,8-11H2,1-3H3. The van der Waals surface area contributed by atoms with Crippen LogP contribution in [0.25, 0.3) is 0 Å². The minimum Gasteiger partial charge on any atom is -0.469 e. The van der Waals surface area contributed by atoms with Gasteiger partial charge < -0.3 is 9.64 Å². The lowest BCUT2D eigenvalue weighted by atomic mass is 10.3. The Bertz CT molecular complexity index is 353. The van der Waals surface area contributed by atoms with E-state index in [1.807, 2.05) is 19.0 Å². The first kappa shape index (κ1) is 15.7. The molecular weight excluding hydrogens is 244 g/mol. The zero-order valence-corrected chi connectivity index (χ0v) is 12.1. The smallest absolute Gasteiger partial charge is 0.305 e. The van der Waals surface area contributed by atoms with Gasteiger partial charge >= 0.3 is 5.97 Å². The molecule has 0 saturated carbocycles. The fourth-order valence-electron chi connectivity index (χ4n) is 2.13. The maximum absolute atomic E-state index is 12.0. The average Bonchev–Trinajstić information content (AvgIpc) is 2.91. The number of rotatable bonds is 7. The van der Waals surface area contributed by atoms with E-state index >= 15 is 0 Å². The van der Waals surface area contributed by atoms with Crippen molar-refractivity contribution in [2.75, 3.05) is 34.3 Å². The summed E-state index contributed by atoms with van der Waals surface area (Å²) in [4.78, 5) is 26.7. The van der Waals surface area contributed by atoms with Crippen molar-refractivity contribution in [3.05, 3.63) is 11.8 Å². The number of ether oxygens (including phenoxy) is 1. The Labute approximate surface area is 115 Å². The second-order valence-electron chi connectivity index (χ2n) is 4.96. The van der Waals surface area contributed by atoms with Crippen molar-refractivity contribution in [3.8, 4) is 0 Å². The first-order valence-electron chi connectivity index (χ1n) is 6.75. The molecule has 0 unspecified atom stereocenters. The molecule has 5 heteroatoms. The van der Waals surface area contributed by atoms with E-state index in [-0.39, 0.29) is 11.9 Å². The van der Waals surface area contributed by atoms with Gasteiger partial charge in [0.2, 0.25) is 5.91 Å². The summed E-state index contributed by atoms with van der Waals surface area (Å²) in [5.41, 5.74) is 1.13. The van der Waals surface area contributed by atoms with Crippen LogP contribution in [0, 0.1) is 0 Å². The van der Waals surface area contributed by atoms with Crippen LogP contribution in [0.3, 0.4) is 0 Å². The third-order valence-corrected chi connectivity index (χ3v) is 3.38. The predicted molar refractivity (Wildman–Crippen MR) is 73.5 cm³/mol. The number of hydrogen-bond acceptors (Lipinski definition) is 4. The Balaban J connectivity index is 2.25. The van der Waals surface area contributed by atoms with E-state index in [4.69, 9.17) is 0 Å². The van der Waals surface area contributed by atoms with Crippen LogP contribution in [0.1, 0.15) is 32.1 Å². The van der Waals surface area contributed by atoms with Crippen molar-refractivity contribution in [2.45, 2.75) is 32.1 Å². The predicted octanol–water partition coefficient (Wildman–Crippen LogP) is 1.40. The third-order valence-electron chi connectivity index (χ3n) is 3.38. The van der Waals surface area contributed by atoms with Crippen molar-refractivity contribution in [1.82, 2.24) is 9.80 Å². The van der Waals surface area contributed by atoms with Crippen LogP contribution in [-0.4, -0.2) is 56.0 Å². The van der Waals surface area contributed by atoms with Crippen molar-refractivity contribution in [3.63, 3.8) is 0 Å². The molecule has 1 aliphatic carbocycles. The van der Waals surface area contributed by atoms with Gasteiger partial charge in [0, 0.05) is 19.2 Å². The highest BCUT2D eigenvalue weighted by atomic mass is 16.5. The molecule has 0 aliphatic heterocycles. The van der Waals surface area contributed by atoms with Crippen LogP contribution in [0.5, 0.6) is 0 Å². The lowest BCUT2D eigenvalue weighted by Gasteiger charge is -2.22. The lowest BCUT2D eigenvalue weighted by molar-refractivity contribution is -0.140. The van der Waals surface area contributed by atoms with Gasteiger partial charge in [-0.15, -0.1) is 0 Å². The number of nitrogens with zero attached hydrogens (tertiary/aromatic N) is 2. The summed E-state index contributed by atoms with van der Waals surface area (Å²) < 4.78 is 4.58. The number of amides is 1.